The first-order valence-electron chi connectivity index (χ1n) is 5.69. The number of hydrogen-bond acceptors (Lipinski definition) is 4. The Morgan fingerprint density at radius 1 is 1.44 bits per heavy atom. The monoisotopic (exact) mass is 269 g/mol. The fourth-order valence-corrected chi connectivity index (χ4v) is 3.82. The molecule has 1 saturated heterocycles. The number of carboxylic acid groups (broad SMARTS) is 1. The number of para-hydroxylation sites is 1. The van der Waals surface area contributed by atoms with Crippen molar-refractivity contribution >= 4 is 21.5 Å². The summed E-state index contributed by atoms with van der Waals surface area (Å²) in [7, 11) is -2.97. The van der Waals surface area contributed by atoms with Crippen molar-refractivity contribution < 1.29 is 18.3 Å². The summed E-state index contributed by atoms with van der Waals surface area (Å²) in [6, 6.07) is 4.79. The Balaban J connectivity index is 2.27. The van der Waals surface area contributed by atoms with E-state index in [1.165, 1.54) is 6.07 Å². The summed E-state index contributed by atoms with van der Waals surface area (Å²) in [6.07, 6.45) is 0.524. The van der Waals surface area contributed by atoms with Crippen molar-refractivity contribution in [2.24, 2.45) is 0 Å². The molecule has 0 spiro atoms. The van der Waals surface area contributed by atoms with Gasteiger partial charge in [0, 0.05) is 6.04 Å². The fraction of sp³-hybridized carbons (Fsp3) is 0.417. The molecule has 18 heavy (non-hydrogen) atoms. The van der Waals surface area contributed by atoms with Gasteiger partial charge in [0.1, 0.15) is 0 Å². The van der Waals surface area contributed by atoms with Crippen LogP contribution in [0.15, 0.2) is 18.2 Å². The Morgan fingerprint density at radius 2 is 2.17 bits per heavy atom. The average Bonchev–Trinajstić information content (AvgIpc) is 2.61. The van der Waals surface area contributed by atoms with Crippen molar-refractivity contribution in [3.63, 3.8) is 0 Å². The molecule has 2 N–H and O–H groups in total. The van der Waals surface area contributed by atoms with Crippen molar-refractivity contribution in [1.29, 1.82) is 0 Å². The van der Waals surface area contributed by atoms with Crippen molar-refractivity contribution in [2.75, 3.05) is 16.8 Å². The fourth-order valence-electron chi connectivity index (χ4n) is 2.15. The van der Waals surface area contributed by atoms with Gasteiger partial charge in [-0.3, -0.25) is 0 Å². The molecule has 1 aliphatic heterocycles. The predicted octanol–water partition coefficient (Wildman–Crippen LogP) is 1.29. The van der Waals surface area contributed by atoms with E-state index in [1.54, 1.807) is 19.1 Å². The molecule has 1 aromatic carbocycles. The molecule has 1 aliphatic rings. The lowest BCUT2D eigenvalue weighted by Crippen LogP contribution is -2.22. The molecule has 6 heteroatoms. The number of anilines is 1. The molecule has 5 nitrogen and oxygen atoms in total. The number of aromatic carboxylic acids is 1. The summed E-state index contributed by atoms with van der Waals surface area (Å²) in [5, 5.41) is 12.2. The largest absolute Gasteiger partial charge is 0.478 e. The minimum Gasteiger partial charge on any atom is -0.478 e. The smallest absolute Gasteiger partial charge is 0.337 e. The molecule has 98 valence electrons. The first kappa shape index (κ1) is 12.9. The lowest BCUT2D eigenvalue weighted by molar-refractivity contribution is 0.0698. The molecule has 0 saturated carbocycles. The molecular formula is C12H15NO4S. The van der Waals surface area contributed by atoms with E-state index in [1.807, 2.05) is 0 Å². The topological polar surface area (TPSA) is 83.5 Å². The maximum absolute atomic E-state index is 11.4. The van der Waals surface area contributed by atoms with Gasteiger partial charge in [0.15, 0.2) is 9.84 Å². The number of nitrogens with one attached hydrogen (secondary N) is 1. The SMILES string of the molecule is Cc1cccc(C(=O)O)c1NC1CCS(=O)(=O)C1. The Kier molecular flexibility index (Phi) is 3.30. The molecule has 0 bridgehead atoms. The van der Waals surface area contributed by atoms with Gasteiger partial charge >= 0.3 is 5.97 Å². The molecule has 1 aromatic rings. The highest BCUT2D eigenvalue weighted by atomic mass is 32.2. The van der Waals surface area contributed by atoms with Gasteiger partial charge < -0.3 is 10.4 Å². The van der Waals surface area contributed by atoms with E-state index >= 15 is 0 Å². The second kappa shape index (κ2) is 4.61. The summed E-state index contributed by atoms with van der Waals surface area (Å²) in [4.78, 5) is 11.1. The van der Waals surface area contributed by atoms with Crippen molar-refractivity contribution in [3.8, 4) is 0 Å². The predicted molar refractivity (Wildman–Crippen MR) is 68.8 cm³/mol. The zero-order chi connectivity index (χ0) is 13.3. The minimum absolute atomic E-state index is 0.0698. The molecule has 1 heterocycles. The second-order valence-electron chi connectivity index (χ2n) is 4.55. The third kappa shape index (κ3) is 2.64. The van der Waals surface area contributed by atoms with E-state index in [0.717, 1.165) is 5.56 Å². The van der Waals surface area contributed by atoms with E-state index < -0.39 is 15.8 Å². The molecule has 0 amide bonds. The van der Waals surface area contributed by atoms with Gasteiger partial charge in [-0.25, -0.2) is 13.2 Å². The Hall–Kier alpha value is -1.56. The van der Waals surface area contributed by atoms with Gasteiger partial charge in [0.2, 0.25) is 0 Å². The molecule has 0 aliphatic carbocycles. The minimum atomic E-state index is -2.97. The first-order valence-corrected chi connectivity index (χ1v) is 7.51. The highest BCUT2D eigenvalue weighted by Gasteiger charge is 2.28. The molecular weight excluding hydrogens is 254 g/mol. The summed E-state index contributed by atoms with van der Waals surface area (Å²) >= 11 is 0. The van der Waals surface area contributed by atoms with Crippen LogP contribution in [0, 0.1) is 6.92 Å². The van der Waals surface area contributed by atoms with Gasteiger partial charge in [-0.1, -0.05) is 12.1 Å². The van der Waals surface area contributed by atoms with Crippen LogP contribution < -0.4 is 5.32 Å². The van der Waals surface area contributed by atoms with Crippen LogP contribution in [0.3, 0.4) is 0 Å². The average molecular weight is 269 g/mol. The van der Waals surface area contributed by atoms with Crippen molar-refractivity contribution in [3.05, 3.63) is 29.3 Å². The van der Waals surface area contributed by atoms with Gasteiger partial charge in [-0.2, -0.15) is 0 Å². The number of hydrogen-bond donors (Lipinski definition) is 2. The Labute approximate surface area is 106 Å². The molecule has 0 radical (unpaired) electrons. The third-order valence-electron chi connectivity index (χ3n) is 3.08. The zero-order valence-electron chi connectivity index (χ0n) is 10.0. The van der Waals surface area contributed by atoms with Crippen LogP contribution in [-0.4, -0.2) is 37.0 Å². The third-order valence-corrected chi connectivity index (χ3v) is 4.85. The maximum Gasteiger partial charge on any atom is 0.337 e. The Bertz CT molecular complexity index is 580. The molecule has 1 fully saturated rings. The van der Waals surface area contributed by atoms with Gasteiger partial charge in [0.25, 0.3) is 0 Å². The highest BCUT2D eigenvalue weighted by Crippen LogP contribution is 2.24. The molecule has 0 aromatic heterocycles. The normalized spacial score (nSPS) is 21.7. The van der Waals surface area contributed by atoms with Crippen LogP contribution >= 0.6 is 0 Å². The number of benzene rings is 1. The quantitative estimate of drug-likeness (QED) is 0.864. The molecule has 1 unspecified atom stereocenters. The number of carboxylic acids is 1. The Morgan fingerprint density at radius 3 is 2.72 bits per heavy atom. The maximum atomic E-state index is 11.4. The zero-order valence-corrected chi connectivity index (χ0v) is 10.8. The highest BCUT2D eigenvalue weighted by molar-refractivity contribution is 7.91. The van der Waals surface area contributed by atoms with Gasteiger partial charge in [-0.05, 0) is 25.0 Å². The lowest BCUT2D eigenvalue weighted by atomic mass is 10.1. The van der Waals surface area contributed by atoms with Crippen LogP contribution in [0.4, 0.5) is 5.69 Å². The van der Waals surface area contributed by atoms with Crippen molar-refractivity contribution in [1.82, 2.24) is 0 Å². The van der Waals surface area contributed by atoms with E-state index in [4.69, 9.17) is 5.11 Å². The van der Waals surface area contributed by atoms with Crippen LogP contribution in [0.2, 0.25) is 0 Å². The second-order valence-corrected chi connectivity index (χ2v) is 6.78. The van der Waals surface area contributed by atoms with Crippen LogP contribution in [0.5, 0.6) is 0 Å². The summed E-state index contributed by atoms with van der Waals surface area (Å²) < 4.78 is 22.8. The standard InChI is InChI=1S/C12H15NO4S/c1-8-3-2-4-10(12(14)15)11(8)13-9-5-6-18(16,17)7-9/h2-4,9,13H,5-7H2,1H3,(H,14,15). The molecule has 2 rings (SSSR count). The van der Waals surface area contributed by atoms with Gasteiger partial charge in [0.05, 0.1) is 22.8 Å². The number of sulfone groups is 1. The number of rotatable bonds is 3. The van der Waals surface area contributed by atoms with E-state index in [0.29, 0.717) is 12.1 Å². The van der Waals surface area contributed by atoms with E-state index in [2.05, 4.69) is 5.32 Å². The van der Waals surface area contributed by atoms with E-state index in [9.17, 15) is 13.2 Å². The van der Waals surface area contributed by atoms with Crippen LogP contribution in [0.1, 0.15) is 22.3 Å². The summed E-state index contributed by atoms with van der Waals surface area (Å²) in [6.45, 7) is 1.80. The van der Waals surface area contributed by atoms with Gasteiger partial charge in [-0.15, -0.1) is 0 Å². The number of aryl methyl sites for hydroxylation is 1. The van der Waals surface area contributed by atoms with Crippen LogP contribution in [0.25, 0.3) is 0 Å². The summed E-state index contributed by atoms with van der Waals surface area (Å²) in [5.74, 6) is -0.777. The van der Waals surface area contributed by atoms with Crippen LogP contribution in [-0.2, 0) is 9.84 Å². The summed E-state index contributed by atoms with van der Waals surface area (Å²) in [5.41, 5.74) is 1.51. The first-order chi connectivity index (χ1) is 8.39. The number of carbonyl (C=O) groups is 1. The molecule has 1 atom stereocenters. The van der Waals surface area contributed by atoms with E-state index in [-0.39, 0.29) is 23.1 Å². The van der Waals surface area contributed by atoms with Crippen molar-refractivity contribution in [2.45, 2.75) is 19.4 Å². The lowest BCUT2D eigenvalue weighted by Gasteiger charge is -2.16.